The summed E-state index contributed by atoms with van der Waals surface area (Å²) < 4.78 is 15.2. The van der Waals surface area contributed by atoms with Gasteiger partial charge in [0.15, 0.2) is 0 Å². The Bertz CT molecular complexity index is 1870. The van der Waals surface area contributed by atoms with Crippen LogP contribution < -0.4 is 16.2 Å². The van der Waals surface area contributed by atoms with E-state index in [1.807, 2.05) is 103 Å². The first kappa shape index (κ1) is 20.9. The van der Waals surface area contributed by atoms with E-state index in [1.54, 1.807) is 12.4 Å². The molecular weight excluding hydrogens is 463 g/mol. The molecule has 5 nitrogen and oxygen atoms in total. The molecule has 7 rings (SSSR count). The number of nitrogens with zero attached hydrogens (tertiary/aromatic N) is 4. The fourth-order valence-corrected chi connectivity index (χ4v) is 7.20. The monoisotopic (exact) mass is 482 g/mol. The molecule has 0 atom stereocenters. The smallest absolute Gasteiger partial charge is 0.206 e. The van der Waals surface area contributed by atoms with Gasteiger partial charge in [-0.25, -0.2) is 9.97 Å². The first-order chi connectivity index (χ1) is 17.7. The van der Waals surface area contributed by atoms with Crippen molar-refractivity contribution in [3.8, 4) is 0 Å². The lowest BCUT2D eigenvalue weighted by atomic mass is 10.1. The molecule has 3 aromatic carbocycles. The number of benzene rings is 3. The summed E-state index contributed by atoms with van der Waals surface area (Å²) in [6, 6.07) is 33.1. The van der Waals surface area contributed by atoms with Crippen LogP contribution in [0.1, 0.15) is 0 Å². The number of fused-ring (bicyclic) bond motifs is 6. The summed E-state index contributed by atoms with van der Waals surface area (Å²) in [5.41, 5.74) is 4.01. The van der Waals surface area contributed by atoms with Crippen LogP contribution in [0.2, 0.25) is 0 Å². The van der Waals surface area contributed by atoms with Crippen molar-refractivity contribution in [2.45, 2.75) is 0 Å². The van der Waals surface area contributed by atoms with Gasteiger partial charge in [0, 0.05) is 39.2 Å². The molecule has 0 spiro atoms. The Morgan fingerprint density at radius 1 is 0.444 bits per heavy atom. The average molecular weight is 482 g/mol. The maximum absolute atomic E-state index is 15.2. The van der Waals surface area contributed by atoms with Crippen LogP contribution in [0.25, 0.3) is 43.6 Å². The predicted molar refractivity (Wildman–Crippen MR) is 147 cm³/mol. The summed E-state index contributed by atoms with van der Waals surface area (Å²) >= 11 is 0. The largest absolute Gasteiger partial charge is 0.305 e. The van der Waals surface area contributed by atoms with Gasteiger partial charge in [-0.1, -0.05) is 78.9 Å². The van der Waals surface area contributed by atoms with Crippen LogP contribution >= 0.6 is 7.14 Å². The third-order valence-corrected chi connectivity index (χ3v) is 9.41. The minimum absolute atomic E-state index is 0.486. The van der Waals surface area contributed by atoms with Gasteiger partial charge in [-0.05, 0) is 24.3 Å². The summed E-state index contributed by atoms with van der Waals surface area (Å²) in [4.78, 5) is 19.1. The van der Waals surface area contributed by atoms with E-state index in [2.05, 4.69) is 9.97 Å². The van der Waals surface area contributed by atoms with E-state index in [0.29, 0.717) is 16.2 Å². The Kier molecular flexibility index (Phi) is 4.66. The number of hydrogen-bond donors (Lipinski definition) is 0. The second-order valence-corrected chi connectivity index (χ2v) is 11.4. The lowest BCUT2D eigenvalue weighted by Crippen LogP contribution is -2.29. The Morgan fingerprint density at radius 3 is 1.39 bits per heavy atom. The van der Waals surface area contributed by atoms with E-state index in [1.165, 1.54) is 0 Å². The van der Waals surface area contributed by atoms with Gasteiger partial charge in [0.2, 0.25) is 7.14 Å². The van der Waals surface area contributed by atoms with Crippen LogP contribution in [0.15, 0.2) is 116 Å². The lowest BCUT2D eigenvalue weighted by molar-refractivity contribution is 0.591. The molecule has 0 aliphatic rings. The molecule has 0 bridgehead atoms. The molecule has 36 heavy (non-hydrogen) atoms. The normalized spacial score (nSPS) is 12.0. The van der Waals surface area contributed by atoms with E-state index >= 15 is 4.57 Å². The fraction of sp³-hybridized carbons (Fsp3) is 0. The average Bonchev–Trinajstić information content (AvgIpc) is 2.96. The van der Waals surface area contributed by atoms with E-state index in [0.717, 1.165) is 43.6 Å². The summed E-state index contributed by atoms with van der Waals surface area (Å²) in [6.45, 7) is 0. The summed E-state index contributed by atoms with van der Waals surface area (Å²) in [7, 11) is -3.42. The highest BCUT2D eigenvalue weighted by atomic mass is 31.2. The van der Waals surface area contributed by atoms with Gasteiger partial charge in [-0.3, -0.25) is 9.97 Å². The first-order valence-corrected chi connectivity index (χ1v) is 13.4. The zero-order valence-electron chi connectivity index (χ0n) is 19.1. The van der Waals surface area contributed by atoms with Gasteiger partial charge >= 0.3 is 0 Å². The third-order valence-electron chi connectivity index (χ3n) is 6.60. The molecule has 0 unspecified atom stereocenters. The zero-order chi connectivity index (χ0) is 24.1. The van der Waals surface area contributed by atoms with Crippen molar-refractivity contribution in [2.75, 3.05) is 0 Å². The van der Waals surface area contributed by atoms with E-state index in [4.69, 9.17) is 9.97 Å². The Morgan fingerprint density at radius 2 is 0.889 bits per heavy atom. The summed E-state index contributed by atoms with van der Waals surface area (Å²) in [5, 5.41) is 4.57. The Balaban J connectivity index is 1.55. The maximum Gasteiger partial charge on any atom is 0.206 e. The zero-order valence-corrected chi connectivity index (χ0v) is 20.0. The topological polar surface area (TPSA) is 68.6 Å². The molecule has 0 saturated carbocycles. The molecule has 0 aliphatic heterocycles. The van der Waals surface area contributed by atoms with Crippen molar-refractivity contribution >= 4 is 66.9 Å². The minimum Gasteiger partial charge on any atom is -0.305 e. The lowest BCUT2D eigenvalue weighted by Gasteiger charge is -2.19. The minimum atomic E-state index is -3.42. The molecule has 0 amide bonds. The summed E-state index contributed by atoms with van der Waals surface area (Å²) in [5.74, 6) is 0. The SMILES string of the molecule is O=P(c1ccccc1)(c1ccc2ccc3cccnc3c2n1)c1ccc2ccc3cccnc3c2n1. The van der Waals surface area contributed by atoms with Crippen LogP contribution in [-0.2, 0) is 4.57 Å². The fourth-order valence-electron chi connectivity index (χ4n) is 4.80. The highest BCUT2D eigenvalue weighted by Crippen LogP contribution is 2.42. The Hall–Kier alpha value is -4.47. The van der Waals surface area contributed by atoms with Crippen LogP contribution in [-0.4, -0.2) is 19.9 Å². The van der Waals surface area contributed by atoms with Gasteiger partial charge in [0.1, 0.15) is 10.9 Å². The van der Waals surface area contributed by atoms with Crippen molar-refractivity contribution in [3.63, 3.8) is 0 Å². The quantitative estimate of drug-likeness (QED) is 0.245. The standard InChI is InChI=1S/C30H19N4OP/c35-36(24-8-2-1-3-9-24,25-16-14-22-12-10-20-6-4-18-31-27(20)29(22)33-25)26-17-15-23-13-11-21-7-5-19-32-28(21)30(23)34-26/h1-19H. The highest BCUT2D eigenvalue weighted by Gasteiger charge is 2.33. The van der Waals surface area contributed by atoms with Gasteiger partial charge < -0.3 is 4.57 Å². The molecular formula is C30H19N4OP. The molecule has 0 radical (unpaired) electrons. The first-order valence-electron chi connectivity index (χ1n) is 11.7. The molecule has 7 aromatic rings. The molecule has 0 fully saturated rings. The van der Waals surface area contributed by atoms with E-state index in [-0.39, 0.29) is 0 Å². The van der Waals surface area contributed by atoms with Crippen molar-refractivity contribution < 1.29 is 4.57 Å². The molecule has 0 aliphatic carbocycles. The van der Waals surface area contributed by atoms with Gasteiger partial charge in [0.05, 0.1) is 22.1 Å². The van der Waals surface area contributed by atoms with Crippen LogP contribution in [0.3, 0.4) is 0 Å². The van der Waals surface area contributed by atoms with Crippen LogP contribution in [0, 0.1) is 0 Å². The van der Waals surface area contributed by atoms with Crippen molar-refractivity contribution in [3.05, 3.63) is 116 Å². The molecule has 6 heteroatoms. The van der Waals surface area contributed by atoms with Gasteiger partial charge in [-0.2, -0.15) is 0 Å². The molecule has 170 valence electrons. The van der Waals surface area contributed by atoms with Gasteiger partial charge in [-0.15, -0.1) is 0 Å². The van der Waals surface area contributed by atoms with Crippen LogP contribution in [0.4, 0.5) is 0 Å². The number of aromatic nitrogens is 4. The number of pyridine rings is 4. The number of hydrogen-bond acceptors (Lipinski definition) is 5. The molecule has 0 N–H and O–H groups in total. The second kappa shape index (κ2) is 8.04. The Labute approximate surface area is 206 Å². The van der Waals surface area contributed by atoms with Crippen molar-refractivity contribution in [1.82, 2.24) is 19.9 Å². The molecule has 4 aromatic heterocycles. The van der Waals surface area contributed by atoms with Crippen LogP contribution in [0.5, 0.6) is 0 Å². The highest BCUT2D eigenvalue weighted by molar-refractivity contribution is 7.85. The van der Waals surface area contributed by atoms with Crippen molar-refractivity contribution in [2.24, 2.45) is 0 Å². The van der Waals surface area contributed by atoms with Crippen molar-refractivity contribution in [1.29, 1.82) is 0 Å². The molecule has 4 heterocycles. The second-order valence-electron chi connectivity index (χ2n) is 8.71. The molecule has 0 saturated heterocycles. The van der Waals surface area contributed by atoms with E-state index in [9.17, 15) is 0 Å². The third kappa shape index (κ3) is 3.14. The number of rotatable bonds is 3. The maximum atomic E-state index is 15.2. The van der Waals surface area contributed by atoms with E-state index < -0.39 is 7.14 Å². The summed E-state index contributed by atoms with van der Waals surface area (Å²) in [6.07, 6.45) is 3.52. The van der Waals surface area contributed by atoms with Gasteiger partial charge in [0.25, 0.3) is 0 Å². The predicted octanol–water partition coefficient (Wildman–Crippen LogP) is 5.52.